The normalized spacial score (nSPS) is 15.4. The molecule has 4 nitrogen and oxygen atoms in total. The van der Waals surface area contributed by atoms with E-state index in [1.54, 1.807) is 19.4 Å². The molecule has 1 unspecified atom stereocenters. The van der Waals surface area contributed by atoms with E-state index >= 15 is 0 Å². The highest BCUT2D eigenvalue weighted by Crippen LogP contribution is 2.47. The Morgan fingerprint density at radius 3 is 2.89 bits per heavy atom. The standard InChI is InChI=1S/C20H13Br2FN2O2S/c1-26-9-18-24-8-17(28-18)20-25-14-3-2-11(21)4-10(14)5-15(25)19-13(23)6-12(22)7-16(19)27-20/h2-8,20H,9H2,1H3. The fourth-order valence-electron chi connectivity index (χ4n) is 3.53. The van der Waals surface area contributed by atoms with Crippen molar-refractivity contribution in [3.05, 3.63) is 67.2 Å². The van der Waals surface area contributed by atoms with Gasteiger partial charge in [0.15, 0.2) is 0 Å². The number of hydrogen-bond acceptors (Lipinski definition) is 4. The Hall–Kier alpha value is -1.74. The van der Waals surface area contributed by atoms with Gasteiger partial charge in [-0.25, -0.2) is 9.37 Å². The minimum absolute atomic E-state index is 0.324. The molecule has 2 aromatic carbocycles. The topological polar surface area (TPSA) is 36.3 Å². The van der Waals surface area contributed by atoms with Gasteiger partial charge in [0.05, 0.1) is 28.3 Å². The van der Waals surface area contributed by atoms with Crippen LogP contribution in [0.4, 0.5) is 4.39 Å². The Kier molecular flexibility index (Phi) is 4.54. The van der Waals surface area contributed by atoms with Crippen molar-refractivity contribution in [2.45, 2.75) is 12.8 Å². The molecule has 3 heterocycles. The maximum atomic E-state index is 14.9. The minimum atomic E-state index is -0.432. The summed E-state index contributed by atoms with van der Waals surface area (Å²) in [6, 6.07) is 11.3. The van der Waals surface area contributed by atoms with Crippen molar-refractivity contribution < 1.29 is 13.9 Å². The van der Waals surface area contributed by atoms with Gasteiger partial charge < -0.3 is 9.47 Å². The lowest BCUT2D eigenvalue weighted by Crippen LogP contribution is -2.22. The number of hydrogen-bond donors (Lipinski definition) is 0. The number of halogens is 3. The molecule has 0 aliphatic carbocycles. The number of aromatic nitrogens is 2. The SMILES string of the molecule is COCc1ncc(C2Oc3cc(Br)cc(F)c3-c3cc4cc(Br)ccc4n32)s1. The Morgan fingerprint density at radius 2 is 2.07 bits per heavy atom. The number of ether oxygens (including phenoxy) is 2. The van der Waals surface area contributed by atoms with Gasteiger partial charge in [0, 0.05) is 27.6 Å². The zero-order valence-corrected chi connectivity index (χ0v) is 18.6. The van der Waals surface area contributed by atoms with Crippen molar-refractivity contribution in [3.8, 4) is 17.0 Å². The smallest absolute Gasteiger partial charge is 0.213 e. The Balaban J connectivity index is 1.78. The second-order valence-electron chi connectivity index (χ2n) is 6.42. The van der Waals surface area contributed by atoms with Gasteiger partial charge in [-0.15, -0.1) is 11.3 Å². The van der Waals surface area contributed by atoms with E-state index < -0.39 is 6.23 Å². The molecule has 8 heteroatoms. The molecule has 0 saturated heterocycles. The van der Waals surface area contributed by atoms with Crippen LogP contribution in [-0.2, 0) is 11.3 Å². The molecule has 5 rings (SSSR count). The van der Waals surface area contributed by atoms with Gasteiger partial charge in [-0.3, -0.25) is 4.57 Å². The van der Waals surface area contributed by atoms with Crippen molar-refractivity contribution >= 4 is 54.1 Å². The summed E-state index contributed by atoms with van der Waals surface area (Å²) < 4.78 is 30.0. The molecule has 142 valence electrons. The van der Waals surface area contributed by atoms with Crippen LogP contribution in [-0.4, -0.2) is 16.7 Å². The average molecular weight is 524 g/mol. The summed E-state index contributed by atoms with van der Waals surface area (Å²) in [5, 5.41) is 1.88. The molecule has 2 aromatic heterocycles. The number of nitrogens with zero attached hydrogens (tertiary/aromatic N) is 2. The lowest BCUT2D eigenvalue weighted by atomic mass is 10.1. The van der Waals surface area contributed by atoms with E-state index in [1.165, 1.54) is 17.4 Å². The predicted octanol–water partition coefficient (Wildman–Crippen LogP) is 6.51. The van der Waals surface area contributed by atoms with Crippen molar-refractivity contribution in [1.29, 1.82) is 0 Å². The molecule has 1 aliphatic rings. The van der Waals surface area contributed by atoms with Crippen LogP contribution in [0.2, 0.25) is 0 Å². The van der Waals surface area contributed by atoms with Gasteiger partial charge in [0.2, 0.25) is 6.23 Å². The molecule has 0 bridgehead atoms. The molecule has 1 aliphatic heterocycles. The van der Waals surface area contributed by atoms with Crippen LogP contribution >= 0.6 is 43.2 Å². The van der Waals surface area contributed by atoms with Crippen molar-refractivity contribution in [2.75, 3.05) is 7.11 Å². The predicted molar refractivity (Wildman–Crippen MR) is 114 cm³/mol. The molecule has 0 spiro atoms. The summed E-state index contributed by atoms with van der Waals surface area (Å²) in [5.74, 6) is 0.184. The van der Waals surface area contributed by atoms with Gasteiger partial charge in [-0.2, -0.15) is 0 Å². The number of methoxy groups -OCH3 is 1. The first-order valence-corrected chi connectivity index (χ1v) is 10.9. The van der Waals surface area contributed by atoms with Gasteiger partial charge in [0.1, 0.15) is 16.6 Å². The molecule has 0 N–H and O–H groups in total. The van der Waals surface area contributed by atoms with Crippen LogP contribution in [0.15, 0.2) is 51.5 Å². The molecular weight excluding hydrogens is 511 g/mol. The molecular formula is C20H13Br2FN2O2S. The summed E-state index contributed by atoms with van der Waals surface area (Å²) in [4.78, 5) is 5.36. The van der Waals surface area contributed by atoms with Gasteiger partial charge in [-0.1, -0.05) is 31.9 Å². The first kappa shape index (κ1) is 18.3. The second kappa shape index (κ2) is 6.95. The first-order valence-electron chi connectivity index (χ1n) is 8.45. The molecule has 0 saturated carbocycles. The lowest BCUT2D eigenvalue weighted by molar-refractivity contribution is 0.175. The highest BCUT2D eigenvalue weighted by molar-refractivity contribution is 9.10. The average Bonchev–Trinajstić information content (AvgIpc) is 3.24. The fraction of sp³-hybridized carbons (Fsp3) is 0.150. The van der Waals surface area contributed by atoms with Crippen LogP contribution in [0.1, 0.15) is 16.1 Å². The van der Waals surface area contributed by atoms with Crippen LogP contribution in [0.5, 0.6) is 5.75 Å². The molecule has 28 heavy (non-hydrogen) atoms. The van der Waals surface area contributed by atoms with Gasteiger partial charge in [-0.05, 0) is 36.4 Å². The van der Waals surface area contributed by atoms with E-state index in [-0.39, 0.29) is 5.82 Å². The summed E-state index contributed by atoms with van der Waals surface area (Å²) in [6.07, 6.45) is 1.37. The number of fused-ring (bicyclic) bond motifs is 5. The van der Waals surface area contributed by atoms with Crippen molar-refractivity contribution in [3.63, 3.8) is 0 Å². The molecule has 1 atom stereocenters. The quantitative estimate of drug-likeness (QED) is 0.307. The lowest BCUT2D eigenvalue weighted by Gasteiger charge is -2.29. The van der Waals surface area contributed by atoms with Gasteiger partial charge >= 0.3 is 0 Å². The van der Waals surface area contributed by atoms with Crippen molar-refractivity contribution in [2.24, 2.45) is 0 Å². The summed E-state index contributed by atoms with van der Waals surface area (Å²) in [7, 11) is 1.64. The third-order valence-corrected chi connectivity index (χ3v) is 6.58. The Morgan fingerprint density at radius 1 is 1.21 bits per heavy atom. The van der Waals surface area contributed by atoms with E-state index in [1.807, 2.05) is 28.8 Å². The zero-order chi connectivity index (χ0) is 19.4. The largest absolute Gasteiger partial charge is 0.464 e. The maximum absolute atomic E-state index is 14.9. The van der Waals surface area contributed by atoms with Gasteiger partial charge in [0.25, 0.3) is 0 Å². The highest BCUT2D eigenvalue weighted by atomic mass is 79.9. The Labute approximate surface area is 181 Å². The van der Waals surface area contributed by atoms with E-state index in [4.69, 9.17) is 9.47 Å². The molecule has 0 radical (unpaired) electrons. The minimum Gasteiger partial charge on any atom is -0.464 e. The highest BCUT2D eigenvalue weighted by Gasteiger charge is 2.32. The summed E-state index contributed by atoms with van der Waals surface area (Å²) in [5.41, 5.74) is 2.22. The summed E-state index contributed by atoms with van der Waals surface area (Å²) >= 11 is 8.42. The molecule has 4 aromatic rings. The summed E-state index contributed by atoms with van der Waals surface area (Å²) in [6.45, 7) is 0.445. The van der Waals surface area contributed by atoms with E-state index in [2.05, 4.69) is 36.8 Å². The third-order valence-electron chi connectivity index (χ3n) is 4.63. The van der Waals surface area contributed by atoms with Crippen LogP contribution in [0.25, 0.3) is 22.2 Å². The number of rotatable bonds is 3. The van der Waals surface area contributed by atoms with E-state index in [0.29, 0.717) is 22.4 Å². The van der Waals surface area contributed by atoms with Crippen LogP contribution in [0, 0.1) is 5.82 Å². The fourth-order valence-corrected chi connectivity index (χ4v) is 5.23. The monoisotopic (exact) mass is 522 g/mol. The Bertz CT molecular complexity index is 1220. The number of benzene rings is 2. The first-order chi connectivity index (χ1) is 13.5. The van der Waals surface area contributed by atoms with E-state index in [9.17, 15) is 4.39 Å². The second-order valence-corrected chi connectivity index (χ2v) is 9.40. The molecule has 0 amide bonds. The zero-order valence-electron chi connectivity index (χ0n) is 14.6. The van der Waals surface area contributed by atoms with E-state index in [0.717, 1.165) is 31.0 Å². The van der Waals surface area contributed by atoms with Crippen molar-refractivity contribution in [1.82, 2.24) is 9.55 Å². The van der Waals surface area contributed by atoms with Crippen LogP contribution in [0.3, 0.4) is 0 Å². The number of thiazole rings is 1. The van der Waals surface area contributed by atoms with Crippen LogP contribution < -0.4 is 4.74 Å². The maximum Gasteiger partial charge on any atom is 0.213 e. The molecule has 0 fully saturated rings. The third kappa shape index (κ3) is 2.90.